The van der Waals surface area contributed by atoms with Crippen LogP contribution in [0.2, 0.25) is 0 Å². The number of morpholine rings is 1. The first kappa shape index (κ1) is 30.9. The fourth-order valence-electron chi connectivity index (χ4n) is 6.47. The summed E-state index contributed by atoms with van der Waals surface area (Å²) in [4.78, 5) is 16.5. The minimum atomic E-state index is -1.23. The van der Waals surface area contributed by atoms with Crippen molar-refractivity contribution in [2.75, 3.05) is 36.9 Å². The normalized spacial score (nSPS) is 22.6. The van der Waals surface area contributed by atoms with Gasteiger partial charge in [0.15, 0.2) is 17.5 Å². The van der Waals surface area contributed by atoms with Crippen LogP contribution in [-0.2, 0) is 4.74 Å². The summed E-state index contributed by atoms with van der Waals surface area (Å²) in [5.41, 5.74) is 5.46. The molecule has 0 radical (unpaired) electrons. The zero-order valence-electron chi connectivity index (χ0n) is 23.5. The van der Waals surface area contributed by atoms with Gasteiger partial charge in [0.1, 0.15) is 17.0 Å². The maximum atomic E-state index is 15.9. The number of nitrogen functional groups attached to an aromatic ring is 1. The number of hydrogen-bond donors (Lipinski definition) is 2. The van der Waals surface area contributed by atoms with Crippen molar-refractivity contribution in [1.82, 2.24) is 19.9 Å². The second kappa shape index (κ2) is 12.0. The number of nitrogens with zero attached hydrogens (tertiary/aromatic N) is 5. The van der Waals surface area contributed by atoms with Gasteiger partial charge < -0.3 is 25.4 Å². The van der Waals surface area contributed by atoms with E-state index in [-0.39, 0.29) is 82.1 Å². The van der Waals surface area contributed by atoms with E-state index in [1.165, 1.54) is 30.8 Å². The molecule has 3 atom stereocenters. The van der Waals surface area contributed by atoms with Crippen molar-refractivity contribution in [3.63, 3.8) is 0 Å². The first-order valence-electron chi connectivity index (χ1n) is 14.1. The molecule has 2 aromatic carbocycles. The Kier molecular flexibility index (Phi) is 8.40. The maximum absolute atomic E-state index is 15.9. The zero-order valence-corrected chi connectivity index (χ0v) is 27.6. The third-order valence-corrected chi connectivity index (χ3v) is 8.46. The Labute approximate surface area is 274 Å². The average Bonchev–Trinajstić information content (AvgIpc) is 3.53. The number of ether oxygens (including phenoxy) is 1. The molecule has 4 aromatic rings. The smallest absolute Gasteiger partial charge is 0.316 e. The van der Waals surface area contributed by atoms with Crippen LogP contribution in [0.4, 0.5) is 29.1 Å². The largest absolute Gasteiger partial charge is 0.479 e. The predicted molar refractivity (Wildman–Crippen MR) is 153 cm³/mol. The molecule has 1 aliphatic carbocycles. The molecule has 3 aliphatic heterocycles. The first-order chi connectivity index (χ1) is 20.7. The molecular weight excluding hydrogens is 802 g/mol. The molecule has 3 N–H and O–H groups in total. The van der Waals surface area contributed by atoms with Gasteiger partial charge in [-0.1, -0.05) is 12.3 Å². The number of terminal acetylenes is 1. The van der Waals surface area contributed by atoms with Crippen LogP contribution in [0, 0.1) is 67.0 Å². The van der Waals surface area contributed by atoms with Crippen LogP contribution in [0.1, 0.15) is 31.2 Å². The Morgan fingerprint density at radius 3 is 2.73 bits per heavy atom. The third-order valence-electron chi connectivity index (χ3n) is 8.46. The van der Waals surface area contributed by atoms with Crippen molar-refractivity contribution in [2.24, 2.45) is 0 Å². The van der Waals surface area contributed by atoms with Crippen molar-refractivity contribution >= 4 is 33.2 Å². The van der Waals surface area contributed by atoms with Crippen molar-refractivity contribution < 1.29 is 58.5 Å². The van der Waals surface area contributed by atoms with Crippen LogP contribution in [-0.4, -0.2) is 69.5 Å². The summed E-state index contributed by atoms with van der Waals surface area (Å²) in [6.07, 6.45) is 10.3. The minimum absolute atomic E-state index is 0. The standard InChI is InChI=1S/C24H16F3N5O2.C7H11FN.U/c1-2-12-18-10(6-15(25)19(12)26)5-11(28)7-13(18)21-20(27)22-14(9-29-21)23(31-24(33)30-22)32-3-4-34-17-8-16(17)32;8-6-4-7-2-1-3-9(7)5-6;/h1,5-7,9,16-17H,3-4,8,28H2,(H,30,31,33);6H,1-5H2;/q;-1;/t16-,17?;6-;/m01./s1. The molecular formula is C31H27F4N6O2U-. The minimum Gasteiger partial charge on any atom is -0.479 e. The van der Waals surface area contributed by atoms with Gasteiger partial charge in [0.05, 0.1) is 35.9 Å². The molecule has 0 amide bonds. The Hall–Kier alpha value is -3.16. The van der Waals surface area contributed by atoms with E-state index in [1.54, 1.807) is 0 Å². The molecule has 1 saturated carbocycles. The Morgan fingerprint density at radius 2 is 1.95 bits per heavy atom. The molecule has 0 spiro atoms. The van der Waals surface area contributed by atoms with Crippen LogP contribution in [0.25, 0.3) is 32.9 Å². The Bertz CT molecular complexity index is 1810. The predicted octanol–water partition coefficient (Wildman–Crippen LogP) is 4.86. The quantitative estimate of drug-likeness (QED) is 0.128. The van der Waals surface area contributed by atoms with Gasteiger partial charge in [-0.15, -0.1) is 12.8 Å². The molecule has 2 aromatic heterocycles. The second-order valence-corrected chi connectivity index (χ2v) is 11.2. The van der Waals surface area contributed by atoms with Gasteiger partial charge in [-0.05, 0) is 43.1 Å². The van der Waals surface area contributed by atoms with Gasteiger partial charge in [0, 0.05) is 60.5 Å². The van der Waals surface area contributed by atoms with Crippen molar-refractivity contribution in [1.29, 1.82) is 0 Å². The molecule has 8 rings (SSSR count). The molecule has 13 heteroatoms. The topological polar surface area (TPSA) is 101 Å². The van der Waals surface area contributed by atoms with Gasteiger partial charge in [-0.2, -0.15) is 16.4 Å². The fourth-order valence-corrected chi connectivity index (χ4v) is 6.47. The van der Waals surface area contributed by atoms with E-state index in [2.05, 4.69) is 25.8 Å². The monoisotopic (exact) mass is 829 g/mol. The van der Waals surface area contributed by atoms with Gasteiger partial charge >= 0.3 is 6.01 Å². The molecule has 44 heavy (non-hydrogen) atoms. The van der Waals surface area contributed by atoms with E-state index in [1.807, 2.05) is 4.90 Å². The number of benzene rings is 2. The number of aromatic nitrogens is 3. The van der Waals surface area contributed by atoms with Crippen LogP contribution in [0.3, 0.4) is 0 Å². The van der Waals surface area contributed by atoms with E-state index >= 15 is 4.39 Å². The molecule has 3 saturated heterocycles. The van der Waals surface area contributed by atoms with Crippen molar-refractivity contribution in [3.05, 3.63) is 53.5 Å². The molecule has 8 nitrogen and oxygen atoms in total. The number of pyridine rings is 1. The summed E-state index contributed by atoms with van der Waals surface area (Å²) in [5, 5.41) is 10.8. The van der Waals surface area contributed by atoms with Gasteiger partial charge in [0.25, 0.3) is 0 Å². The maximum Gasteiger partial charge on any atom is 0.316 e. The van der Waals surface area contributed by atoms with E-state index in [0.29, 0.717) is 30.9 Å². The van der Waals surface area contributed by atoms with Gasteiger partial charge in [-0.3, -0.25) is 4.98 Å². The molecule has 0 bridgehead atoms. The number of rotatable bonds is 2. The molecule has 226 valence electrons. The fraction of sp³-hybridized carbons (Fsp3) is 0.355. The van der Waals surface area contributed by atoms with Crippen molar-refractivity contribution in [2.45, 2.75) is 44.0 Å². The summed E-state index contributed by atoms with van der Waals surface area (Å²) >= 11 is 0. The Morgan fingerprint density at radius 1 is 1.14 bits per heavy atom. The number of hydrogen-bond acceptors (Lipinski definition) is 8. The first-order valence-corrected chi connectivity index (χ1v) is 14.1. The van der Waals surface area contributed by atoms with E-state index < -0.39 is 29.6 Å². The third kappa shape index (κ3) is 5.36. The van der Waals surface area contributed by atoms with Crippen LogP contribution in [0.5, 0.6) is 6.01 Å². The summed E-state index contributed by atoms with van der Waals surface area (Å²) < 4.78 is 62.7. The number of aromatic hydroxyl groups is 1. The number of fused-ring (bicyclic) bond motifs is 4. The molecule has 4 aliphatic rings. The summed E-state index contributed by atoms with van der Waals surface area (Å²) in [5.74, 6) is -0.749. The van der Waals surface area contributed by atoms with E-state index in [0.717, 1.165) is 31.9 Å². The second-order valence-electron chi connectivity index (χ2n) is 11.2. The van der Waals surface area contributed by atoms with E-state index in [4.69, 9.17) is 16.9 Å². The number of halogens is 4. The van der Waals surface area contributed by atoms with Gasteiger partial charge in [-0.25, -0.2) is 23.6 Å². The van der Waals surface area contributed by atoms with Crippen LogP contribution >= 0.6 is 0 Å². The molecule has 4 fully saturated rings. The Balaban J connectivity index is 0.000000293. The zero-order chi connectivity index (χ0) is 30.0. The molecule has 1 unspecified atom stereocenters. The summed E-state index contributed by atoms with van der Waals surface area (Å²) in [6, 6.07) is 4.59. The van der Waals surface area contributed by atoms with Crippen molar-refractivity contribution in [3.8, 4) is 29.6 Å². The summed E-state index contributed by atoms with van der Waals surface area (Å²) in [7, 11) is 0. The average molecular weight is 830 g/mol. The molecule has 5 heterocycles. The SMILES string of the molecule is C#Cc1c(F)c(F)cc2cc(N)cc(-c3ncc4c(N5CCOC6C[C@@H]65)nc(O)nc4c3F)c12.F[C@@H]1C[C-]2CCCN2C1.[U]. The van der Waals surface area contributed by atoms with Crippen LogP contribution in [0.15, 0.2) is 24.4 Å². The number of nitrogens with two attached hydrogens (primary N) is 1. The van der Waals surface area contributed by atoms with Crippen LogP contribution < -0.4 is 10.6 Å². The number of alkyl halides is 1. The summed E-state index contributed by atoms with van der Waals surface area (Å²) in [6.45, 7) is 2.78. The van der Waals surface area contributed by atoms with Gasteiger partial charge in [0.2, 0.25) is 0 Å². The van der Waals surface area contributed by atoms with E-state index in [9.17, 15) is 18.3 Å². The number of anilines is 2.